The van der Waals surface area contributed by atoms with Crippen LogP contribution in [0.25, 0.3) is 0 Å². The summed E-state index contributed by atoms with van der Waals surface area (Å²) in [5.74, 6) is -1.77. The number of likely N-dealkylation sites (N-methyl/N-ethyl adjacent to an activating group) is 1. The van der Waals surface area contributed by atoms with Gasteiger partial charge in [-0.1, -0.05) is 12.1 Å². The first-order valence-corrected chi connectivity index (χ1v) is 10.4. The second kappa shape index (κ2) is 8.49. The van der Waals surface area contributed by atoms with E-state index in [1.165, 1.54) is 5.56 Å². The van der Waals surface area contributed by atoms with Gasteiger partial charge in [-0.05, 0) is 61.7 Å². The van der Waals surface area contributed by atoms with Crippen LogP contribution in [0.5, 0.6) is 0 Å². The number of piperazine rings is 1. The molecular formula is C23H25F4N3O. The molecule has 1 aliphatic carbocycles. The molecule has 0 spiro atoms. The Kier molecular flexibility index (Phi) is 5.92. The van der Waals surface area contributed by atoms with Crippen molar-refractivity contribution in [1.82, 2.24) is 10.2 Å². The van der Waals surface area contributed by atoms with E-state index in [1.807, 2.05) is 6.07 Å². The summed E-state index contributed by atoms with van der Waals surface area (Å²) in [5.41, 5.74) is 1.92. The van der Waals surface area contributed by atoms with Crippen molar-refractivity contribution in [2.24, 2.45) is 0 Å². The number of amides is 1. The second-order valence-corrected chi connectivity index (χ2v) is 8.31. The molecule has 2 aliphatic rings. The van der Waals surface area contributed by atoms with Crippen LogP contribution in [0.1, 0.15) is 33.5 Å². The SMILES string of the molecule is CN1CCN(c2cccc3c2CC(NC(=O)c2cc(C(F)(F)F)ccc2F)CC3)CC1. The summed E-state index contributed by atoms with van der Waals surface area (Å²) in [7, 11) is 2.09. The zero-order valence-electron chi connectivity index (χ0n) is 17.3. The number of benzene rings is 2. The molecule has 4 nitrogen and oxygen atoms in total. The van der Waals surface area contributed by atoms with Crippen molar-refractivity contribution in [2.75, 3.05) is 38.1 Å². The number of rotatable bonds is 3. The fourth-order valence-electron chi connectivity index (χ4n) is 4.37. The average molecular weight is 435 g/mol. The summed E-state index contributed by atoms with van der Waals surface area (Å²) < 4.78 is 53.0. The van der Waals surface area contributed by atoms with Crippen LogP contribution in [0.15, 0.2) is 36.4 Å². The fraction of sp³-hybridized carbons (Fsp3) is 0.435. The minimum atomic E-state index is -4.63. The van der Waals surface area contributed by atoms with Crippen molar-refractivity contribution in [3.8, 4) is 0 Å². The van der Waals surface area contributed by atoms with Gasteiger partial charge < -0.3 is 15.1 Å². The highest BCUT2D eigenvalue weighted by Gasteiger charge is 2.32. The Morgan fingerprint density at radius 1 is 1.10 bits per heavy atom. The average Bonchev–Trinajstić information content (AvgIpc) is 2.73. The van der Waals surface area contributed by atoms with Gasteiger partial charge in [0.1, 0.15) is 5.82 Å². The first kappa shape index (κ1) is 21.6. The summed E-state index contributed by atoms with van der Waals surface area (Å²) in [6, 6.07) is 7.87. The van der Waals surface area contributed by atoms with Crippen molar-refractivity contribution in [3.05, 3.63) is 64.5 Å². The van der Waals surface area contributed by atoms with Crippen LogP contribution in [0.3, 0.4) is 0 Å². The fourth-order valence-corrected chi connectivity index (χ4v) is 4.37. The van der Waals surface area contributed by atoms with E-state index in [9.17, 15) is 22.4 Å². The van der Waals surface area contributed by atoms with Gasteiger partial charge >= 0.3 is 6.18 Å². The topological polar surface area (TPSA) is 35.6 Å². The maximum Gasteiger partial charge on any atom is 0.416 e. The molecule has 1 amide bonds. The summed E-state index contributed by atoms with van der Waals surface area (Å²) in [4.78, 5) is 17.2. The van der Waals surface area contributed by atoms with Crippen LogP contribution >= 0.6 is 0 Å². The predicted molar refractivity (Wildman–Crippen MR) is 111 cm³/mol. The summed E-state index contributed by atoms with van der Waals surface area (Å²) in [5, 5.41) is 2.76. The lowest BCUT2D eigenvalue weighted by Gasteiger charge is -2.37. The Morgan fingerprint density at radius 2 is 1.84 bits per heavy atom. The molecule has 1 unspecified atom stereocenters. The number of hydrogen-bond donors (Lipinski definition) is 1. The molecule has 0 aromatic heterocycles. The van der Waals surface area contributed by atoms with E-state index in [4.69, 9.17) is 0 Å². The van der Waals surface area contributed by atoms with Crippen molar-refractivity contribution in [3.63, 3.8) is 0 Å². The van der Waals surface area contributed by atoms with E-state index in [0.717, 1.165) is 43.9 Å². The zero-order chi connectivity index (χ0) is 22.2. The smallest absolute Gasteiger partial charge is 0.369 e. The Balaban J connectivity index is 1.51. The minimum Gasteiger partial charge on any atom is -0.369 e. The molecule has 166 valence electrons. The Bertz CT molecular complexity index is 968. The highest BCUT2D eigenvalue weighted by Crippen LogP contribution is 2.32. The highest BCUT2D eigenvalue weighted by atomic mass is 19.4. The first-order chi connectivity index (χ1) is 14.7. The van der Waals surface area contributed by atoms with Gasteiger partial charge in [0.15, 0.2) is 0 Å². The van der Waals surface area contributed by atoms with Crippen molar-refractivity contribution >= 4 is 11.6 Å². The Labute approximate surface area is 178 Å². The highest BCUT2D eigenvalue weighted by molar-refractivity contribution is 5.95. The molecule has 2 aromatic rings. The number of halogens is 4. The van der Waals surface area contributed by atoms with E-state index in [0.29, 0.717) is 31.0 Å². The molecule has 8 heteroatoms. The lowest BCUT2D eigenvalue weighted by Crippen LogP contribution is -2.45. The van der Waals surface area contributed by atoms with E-state index >= 15 is 0 Å². The molecule has 31 heavy (non-hydrogen) atoms. The van der Waals surface area contributed by atoms with Gasteiger partial charge in [0.2, 0.25) is 0 Å². The molecule has 1 aliphatic heterocycles. The minimum absolute atomic E-state index is 0.262. The standard InChI is InChI=1S/C23H25F4N3O/c1-29-9-11-30(12-10-29)21-4-2-3-15-5-7-17(14-18(15)21)28-22(31)19-13-16(23(25,26)27)6-8-20(19)24/h2-4,6,8,13,17H,5,7,9-12,14H2,1H3,(H,28,31). The number of aryl methyl sites for hydroxylation is 1. The summed E-state index contributed by atoms with van der Waals surface area (Å²) in [6.07, 6.45) is -2.65. The van der Waals surface area contributed by atoms with E-state index in [2.05, 4.69) is 34.3 Å². The van der Waals surface area contributed by atoms with Gasteiger partial charge in [-0.25, -0.2) is 4.39 Å². The molecule has 2 aromatic carbocycles. The summed E-state index contributed by atoms with van der Waals surface area (Å²) >= 11 is 0. The maximum absolute atomic E-state index is 14.1. The number of nitrogens with zero attached hydrogens (tertiary/aromatic N) is 2. The maximum atomic E-state index is 14.1. The number of nitrogens with one attached hydrogen (secondary N) is 1. The van der Waals surface area contributed by atoms with Crippen LogP contribution in [0.2, 0.25) is 0 Å². The third kappa shape index (κ3) is 4.69. The number of hydrogen-bond acceptors (Lipinski definition) is 3. The van der Waals surface area contributed by atoms with Gasteiger partial charge in [0.05, 0.1) is 11.1 Å². The molecule has 1 N–H and O–H groups in total. The second-order valence-electron chi connectivity index (χ2n) is 8.31. The van der Waals surface area contributed by atoms with Crippen molar-refractivity contribution in [2.45, 2.75) is 31.5 Å². The number of anilines is 1. The van der Waals surface area contributed by atoms with Crippen LogP contribution < -0.4 is 10.2 Å². The van der Waals surface area contributed by atoms with E-state index in [-0.39, 0.29) is 6.04 Å². The monoisotopic (exact) mass is 435 g/mol. The quantitative estimate of drug-likeness (QED) is 0.744. The molecule has 1 fully saturated rings. The third-order valence-corrected chi connectivity index (χ3v) is 6.18. The predicted octanol–water partition coefficient (Wildman–Crippen LogP) is 3.88. The lowest BCUT2D eigenvalue weighted by molar-refractivity contribution is -0.137. The molecule has 0 bridgehead atoms. The summed E-state index contributed by atoms with van der Waals surface area (Å²) in [6.45, 7) is 3.77. The van der Waals surface area contributed by atoms with Gasteiger partial charge in [-0.2, -0.15) is 13.2 Å². The third-order valence-electron chi connectivity index (χ3n) is 6.18. The molecule has 1 heterocycles. The molecule has 1 atom stereocenters. The molecular weight excluding hydrogens is 410 g/mol. The number of fused-ring (bicyclic) bond motifs is 1. The first-order valence-electron chi connectivity index (χ1n) is 10.4. The molecule has 0 saturated carbocycles. The van der Waals surface area contributed by atoms with Gasteiger partial charge in [0, 0.05) is 37.9 Å². The van der Waals surface area contributed by atoms with E-state index in [1.54, 1.807) is 0 Å². The zero-order valence-corrected chi connectivity index (χ0v) is 17.3. The van der Waals surface area contributed by atoms with Gasteiger partial charge in [-0.3, -0.25) is 4.79 Å². The van der Waals surface area contributed by atoms with Crippen LogP contribution in [0.4, 0.5) is 23.2 Å². The van der Waals surface area contributed by atoms with Crippen LogP contribution in [0, 0.1) is 5.82 Å². The number of carbonyl (C=O) groups is 1. The molecule has 1 saturated heterocycles. The normalized spacial score (nSPS) is 19.8. The van der Waals surface area contributed by atoms with Crippen molar-refractivity contribution < 1.29 is 22.4 Å². The largest absolute Gasteiger partial charge is 0.416 e. The van der Waals surface area contributed by atoms with Crippen molar-refractivity contribution in [1.29, 1.82) is 0 Å². The van der Waals surface area contributed by atoms with E-state index < -0.39 is 29.0 Å². The number of carbonyl (C=O) groups excluding carboxylic acids is 1. The molecule has 4 rings (SSSR count). The lowest BCUT2D eigenvalue weighted by atomic mass is 9.86. The van der Waals surface area contributed by atoms with Gasteiger partial charge in [0.25, 0.3) is 5.91 Å². The Hall–Kier alpha value is -2.61. The number of alkyl halides is 3. The molecule has 0 radical (unpaired) electrons. The Morgan fingerprint density at radius 3 is 2.55 bits per heavy atom. The van der Waals surface area contributed by atoms with Gasteiger partial charge in [-0.15, -0.1) is 0 Å². The van der Waals surface area contributed by atoms with Crippen LogP contribution in [-0.4, -0.2) is 50.1 Å². The van der Waals surface area contributed by atoms with Crippen LogP contribution in [-0.2, 0) is 19.0 Å².